The largest absolute Gasteiger partial charge is 0.462 e. The Balaban J connectivity index is 1.76. The number of likely N-dealkylation sites (N-methyl/N-ethyl adjacent to an activating group) is 1. The molecule has 2 saturated heterocycles. The second-order valence-electron chi connectivity index (χ2n) is 13.8. The lowest BCUT2D eigenvalue weighted by Gasteiger charge is -2.41. The number of aryl methyl sites for hydroxylation is 1. The average Bonchev–Trinajstić information content (AvgIpc) is 3.74. The lowest BCUT2D eigenvalue weighted by atomic mass is 9.78. The number of benzene rings is 1. The van der Waals surface area contributed by atoms with Gasteiger partial charge in [-0.2, -0.15) is 12.6 Å². The molecule has 270 valence electrons. The molecule has 0 aromatic heterocycles. The van der Waals surface area contributed by atoms with Crippen molar-refractivity contribution in [2.75, 3.05) is 31.9 Å². The molecule has 3 aliphatic rings. The Labute approximate surface area is 299 Å². The van der Waals surface area contributed by atoms with Crippen LogP contribution in [-0.4, -0.2) is 102 Å². The number of methoxy groups -OCH3 is 1. The first-order valence-electron chi connectivity index (χ1n) is 16.5. The summed E-state index contributed by atoms with van der Waals surface area (Å²) in [6.07, 6.45) is 2.45. The number of fused-ring (bicyclic) bond motifs is 5. The van der Waals surface area contributed by atoms with E-state index < -0.39 is 59.5 Å². The number of carbonyl (C=O) groups excluding carboxylic acids is 4. The monoisotopic (exact) mass is 720 g/mol. The van der Waals surface area contributed by atoms with E-state index in [1.54, 1.807) is 33.0 Å². The van der Waals surface area contributed by atoms with Gasteiger partial charge in [0.2, 0.25) is 11.8 Å². The summed E-state index contributed by atoms with van der Waals surface area (Å²) in [7, 11) is 4.61. The number of aliphatic hydroxyl groups is 1. The molecule has 4 rings (SSSR count). The van der Waals surface area contributed by atoms with Gasteiger partial charge in [0.1, 0.15) is 35.6 Å². The minimum atomic E-state index is -1.55. The van der Waals surface area contributed by atoms with Crippen LogP contribution < -0.4 is 4.90 Å². The van der Waals surface area contributed by atoms with Crippen LogP contribution in [0.5, 0.6) is 0 Å². The first kappa shape index (κ1) is 38.9. The fourth-order valence-electron chi connectivity index (χ4n) is 6.78. The molecule has 1 N–H and O–H groups in total. The molecule has 0 aliphatic carbocycles. The van der Waals surface area contributed by atoms with Crippen LogP contribution in [0.4, 0.5) is 5.69 Å². The first-order valence-corrected chi connectivity index (χ1v) is 17.6. The van der Waals surface area contributed by atoms with Gasteiger partial charge in [0, 0.05) is 40.0 Å². The maximum absolute atomic E-state index is 14.0. The summed E-state index contributed by atoms with van der Waals surface area (Å²) in [6, 6.07) is 2.87. The maximum atomic E-state index is 14.0. The normalized spacial score (nSPS) is 33.0. The second-order valence-corrected chi connectivity index (χ2v) is 14.6. The van der Waals surface area contributed by atoms with Crippen molar-refractivity contribution in [3.8, 4) is 0 Å². The highest BCUT2D eigenvalue weighted by Gasteiger charge is 2.64. The number of esters is 2. The van der Waals surface area contributed by atoms with E-state index in [0.717, 1.165) is 16.7 Å². The van der Waals surface area contributed by atoms with E-state index >= 15 is 0 Å². The standard InChI is InChI=1S/C36H49ClN2O9S/c1-20-10-9-11-27(45-8)36(44)18-26(46-31(42)19-36)22(3)33-35(5,48-33)28(47-34(43)23(4)38(6)29(40)12-13-49)17-30(41)39(7)25-16-24(14-20)15-21(2)32(25)37/h9-11,15-16,22-23,26-28,33,44,49H,12-14,17-19H2,1-8H3/b11-9+,20-10+/t22-,23+,26+,27-,28+,33+,35+,36-/m1/s1. The smallest absolute Gasteiger partial charge is 0.328 e. The fourth-order valence-corrected chi connectivity index (χ4v) is 7.21. The van der Waals surface area contributed by atoms with Gasteiger partial charge in [-0.15, -0.1) is 0 Å². The van der Waals surface area contributed by atoms with E-state index in [9.17, 15) is 24.3 Å². The molecule has 0 saturated carbocycles. The fraction of sp³-hybridized carbons (Fsp3) is 0.611. The van der Waals surface area contributed by atoms with Gasteiger partial charge < -0.3 is 33.9 Å². The number of epoxide rings is 1. The van der Waals surface area contributed by atoms with Gasteiger partial charge in [-0.25, -0.2) is 4.79 Å². The number of nitrogens with zero attached hydrogens (tertiary/aromatic N) is 2. The number of halogens is 1. The van der Waals surface area contributed by atoms with Gasteiger partial charge >= 0.3 is 11.9 Å². The Morgan fingerprint density at radius 3 is 2.61 bits per heavy atom. The predicted octanol–water partition coefficient (Wildman–Crippen LogP) is 4.38. The van der Waals surface area contributed by atoms with Gasteiger partial charge in [0.15, 0.2) is 0 Å². The summed E-state index contributed by atoms with van der Waals surface area (Å²) in [6.45, 7) is 8.97. The third-order valence-electron chi connectivity index (χ3n) is 10.1. The van der Waals surface area contributed by atoms with Crippen LogP contribution in [0, 0.1) is 12.8 Å². The minimum Gasteiger partial charge on any atom is -0.462 e. The van der Waals surface area contributed by atoms with Gasteiger partial charge in [0.05, 0.1) is 29.7 Å². The molecular weight excluding hydrogens is 672 g/mol. The molecule has 11 nitrogen and oxygen atoms in total. The van der Waals surface area contributed by atoms with Crippen molar-refractivity contribution in [3.05, 3.63) is 52.1 Å². The predicted molar refractivity (Wildman–Crippen MR) is 189 cm³/mol. The molecule has 3 aliphatic heterocycles. The number of ether oxygens (including phenoxy) is 4. The quantitative estimate of drug-likeness (QED) is 0.249. The zero-order valence-corrected chi connectivity index (χ0v) is 31.2. The molecule has 3 heterocycles. The van der Waals surface area contributed by atoms with Crippen molar-refractivity contribution in [2.45, 2.75) is 108 Å². The van der Waals surface area contributed by atoms with Crippen molar-refractivity contribution in [1.82, 2.24) is 4.90 Å². The van der Waals surface area contributed by atoms with E-state index in [4.69, 9.17) is 30.5 Å². The number of hydrogen-bond donors (Lipinski definition) is 2. The van der Waals surface area contributed by atoms with Crippen molar-refractivity contribution < 1.29 is 43.2 Å². The Morgan fingerprint density at radius 2 is 1.96 bits per heavy atom. The van der Waals surface area contributed by atoms with Crippen LogP contribution in [0.1, 0.15) is 64.5 Å². The molecule has 1 aromatic carbocycles. The maximum Gasteiger partial charge on any atom is 0.328 e. The number of rotatable bonds is 6. The van der Waals surface area contributed by atoms with E-state index in [0.29, 0.717) is 22.9 Å². The topological polar surface area (TPSA) is 135 Å². The van der Waals surface area contributed by atoms with E-state index in [-0.39, 0.29) is 37.5 Å². The molecule has 0 spiro atoms. The minimum absolute atomic E-state index is 0.0756. The molecule has 8 atom stereocenters. The summed E-state index contributed by atoms with van der Waals surface area (Å²) >= 11 is 10.9. The van der Waals surface area contributed by atoms with Gasteiger partial charge in [-0.1, -0.05) is 48.4 Å². The highest BCUT2D eigenvalue weighted by atomic mass is 35.5. The van der Waals surface area contributed by atoms with Crippen LogP contribution >= 0.6 is 24.2 Å². The van der Waals surface area contributed by atoms with Crippen LogP contribution in [0.25, 0.3) is 0 Å². The van der Waals surface area contributed by atoms with Crippen LogP contribution in [0.15, 0.2) is 35.9 Å². The van der Waals surface area contributed by atoms with Crippen molar-refractivity contribution >= 4 is 53.7 Å². The second kappa shape index (κ2) is 15.6. The van der Waals surface area contributed by atoms with Crippen molar-refractivity contribution in [1.29, 1.82) is 0 Å². The van der Waals surface area contributed by atoms with E-state index in [1.807, 2.05) is 39.0 Å². The number of allylic oxidation sites excluding steroid dienone is 3. The van der Waals surface area contributed by atoms with Crippen LogP contribution in [0.2, 0.25) is 5.02 Å². The van der Waals surface area contributed by atoms with Crippen molar-refractivity contribution in [2.24, 2.45) is 5.92 Å². The highest BCUT2D eigenvalue weighted by Crippen LogP contribution is 2.49. The van der Waals surface area contributed by atoms with Gasteiger partial charge in [-0.3, -0.25) is 14.4 Å². The Bertz CT molecular complexity index is 1520. The molecule has 0 unspecified atom stereocenters. The molecule has 2 fully saturated rings. The van der Waals surface area contributed by atoms with Gasteiger partial charge in [0.25, 0.3) is 0 Å². The molecule has 2 amide bonds. The summed E-state index contributed by atoms with van der Waals surface area (Å²) in [4.78, 5) is 55.7. The van der Waals surface area contributed by atoms with Gasteiger partial charge in [-0.05, 0) is 57.1 Å². The third-order valence-corrected chi connectivity index (χ3v) is 10.8. The molecule has 4 bridgehead atoms. The number of thiol groups is 1. The highest BCUT2D eigenvalue weighted by molar-refractivity contribution is 7.80. The first-order chi connectivity index (χ1) is 22.9. The lowest BCUT2D eigenvalue weighted by molar-refractivity contribution is -0.187. The molecule has 49 heavy (non-hydrogen) atoms. The third kappa shape index (κ3) is 8.53. The molecule has 0 radical (unpaired) electrons. The molecular formula is C36H49ClN2O9S. The van der Waals surface area contributed by atoms with Crippen LogP contribution in [-0.2, 0) is 44.5 Å². The average molecular weight is 721 g/mol. The molecule has 13 heteroatoms. The Hall–Kier alpha value is -2.90. The van der Waals surface area contributed by atoms with E-state index in [1.165, 1.54) is 24.0 Å². The molecule has 1 aromatic rings. The zero-order chi connectivity index (χ0) is 36.4. The summed E-state index contributed by atoms with van der Waals surface area (Å²) in [5.74, 6) is -2.07. The summed E-state index contributed by atoms with van der Waals surface area (Å²) < 4.78 is 23.7. The van der Waals surface area contributed by atoms with Crippen molar-refractivity contribution in [3.63, 3.8) is 0 Å². The summed E-state index contributed by atoms with van der Waals surface area (Å²) in [5, 5.41) is 12.2. The zero-order valence-electron chi connectivity index (χ0n) is 29.5. The Kier molecular flexibility index (Phi) is 12.3. The number of amides is 2. The number of carbonyl (C=O) groups is 4. The number of hydrogen-bond acceptors (Lipinski definition) is 10. The Morgan fingerprint density at radius 1 is 1.27 bits per heavy atom. The van der Waals surface area contributed by atoms with E-state index in [2.05, 4.69) is 12.6 Å². The van der Waals surface area contributed by atoms with Crippen LogP contribution in [0.3, 0.4) is 0 Å². The lowest BCUT2D eigenvalue weighted by Crippen LogP contribution is -2.53. The number of anilines is 1. The summed E-state index contributed by atoms with van der Waals surface area (Å²) in [5.41, 5.74) is 0.505. The SMILES string of the molecule is CO[C@@H]1/C=C/C=C(\C)Cc2cc(C)c(Cl)c(c2)N(C)C(=O)C[C@H](OC(=O)[C@H](C)N(C)C(=O)CCS)[C@]2(C)O[C@H]2[C@H](C)[C@@H]2C[C@@]1(O)CC(=O)O2.